The summed E-state index contributed by atoms with van der Waals surface area (Å²) >= 11 is 7.12. The van der Waals surface area contributed by atoms with Crippen LogP contribution in [0.3, 0.4) is 0 Å². The number of carbonyl (C=O) groups is 2. The van der Waals surface area contributed by atoms with Crippen LogP contribution in [0.15, 0.2) is 47.4 Å². The molecule has 0 atom stereocenters. The number of nitrogens with two attached hydrogens (primary N) is 1. The number of carbonyl (C=O) groups excluding carboxylic acids is 1. The molecule has 0 heterocycles. The van der Waals surface area contributed by atoms with E-state index in [1.807, 2.05) is 12.1 Å². The molecule has 2 rings (SSSR count). The summed E-state index contributed by atoms with van der Waals surface area (Å²) in [6, 6.07) is 11.5. The molecule has 7 heteroatoms. The Morgan fingerprint density at radius 1 is 1.23 bits per heavy atom. The lowest BCUT2D eigenvalue weighted by Gasteiger charge is -2.07. The van der Waals surface area contributed by atoms with Gasteiger partial charge < -0.3 is 16.2 Å². The molecule has 0 aliphatic rings. The third kappa shape index (κ3) is 4.41. The Kier molecular flexibility index (Phi) is 5.30. The predicted molar refractivity (Wildman–Crippen MR) is 88.6 cm³/mol. The molecule has 0 unspecified atom stereocenters. The molecule has 0 saturated heterocycles. The second-order valence-corrected chi connectivity index (χ2v) is 5.87. The van der Waals surface area contributed by atoms with E-state index in [0.717, 1.165) is 4.90 Å². The Balaban J connectivity index is 1.97. The molecular formula is C15H13ClN2O3S. The van der Waals surface area contributed by atoms with Crippen molar-refractivity contribution in [3.8, 4) is 0 Å². The number of hydrogen-bond acceptors (Lipinski definition) is 4. The molecule has 0 aliphatic carbocycles. The summed E-state index contributed by atoms with van der Waals surface area (Å²) in [5, 5.41) is 11.8. The topological polar surface area (TPSA) is 92.4 Å². The van der Waals surface area contributed by atoms with E-state index in [-0.39, 0.29) is 22.2 Å². The molecule has 0 bridgehead atoms. The molecule has 2 aromatic rings. The van der Waals surface area contributed by atoms with Crippen LogP contribution in [-0.2, 0) is 4.79 Å². The van der Waals surface area contributed by atoms with Crippen molar-refractivity contribution in [1.29, 1.82) is 0 Å². The number of anilines is 2. The fourth-order valence-corrected chi connectivity index (χ4v) is 2.68. The largest absolute Gasteiger partial charge is 0.478 e. The summed E-state index contributed by atoms with van der Waals surface area (Å²) in [4.78, 5) is 23.8. The SMILES string of the molecule is Nc1cccc(SCC(=O)Nc2ccc(Cl)c(C(=O)O)c2)c1. The molecule has 0 aliphatic heterocycles. The van der Waals surface area contributed by atoms with Crippen LogP contribution in [0.4, 0.5) is 11.4 Å². The summed E-state index contributed by atoms with van der Waals surface area (Å²) in [5.41, 5.74) is 6.64. The van der Waals surface area contributed by atoms with Crippen molar-refractivity contribution < 1.29 is 14.7 Å². The van der Waals surface area contributed by atoms with Gasteiger partial charge in [-0.1, -0.05) is 17.7 Å². The van der Waals surface area contributed by atoms with Crippen molar-refractivity contribution in [2.45, 2.75) is 4.90 Å². The molecule has 1 amide bonds. The van der Waals surface area contributed by atoms with Gasteiger partial charge in [0.15, 0.2) is 0 Å². The number of carboxylic acid groups (broad SMARTS) is 1. The van der Waals surface area contributed by atoms with Crippen LogP contribution < -0.4 is 11.1 Å². The summed E-state index contributed by atoms with van der Waals surface area (Å²) in [7, 11) is 0. The number of aromatic carboxylic acids is 1. The Hall–Kier alpha value is -2.18. The molecule has 114 valence electrons. The minimum absolute atomic E-state index is 0.0528. The minimum atomic E-state index is -1.14. The highest BCUT2D eigenvalue weighted by atomic mass is 35.5. The van der Waals surface area contributed by atoms with Gasteiger partial charge in [0.25, 0.3) is 0 Å². The van der Waals surface area contributed by atoms with Gasteiger partial charge in [-0.25, -0.2) is 4.79 Å². The Morgan fingerprint density at radius 2 is 2.00 bits per heavy atom. The van der Waals surface area contributed by atoms with E-state index in [2.05, 4.69) is 5.32 Å². The van der Waals surface area contributed by atoms with Crippen LogP contribution >= 0.6 is 23.4 Å². The van der Waals surface area contributed by atoms with Crippen molar-refractivity contribution in [3.63, 3.8) is 0 Å². The maximum atomic E-state index is 11.9. The van der Waals surface area contributed by atoms with Gasteiger partial charge in [0, 0.05) is 16.3 Å². The van der Waals surface area contributed by atoms with E-state index in [4.69, 9.17) is 22.4 Å². The number of carboxylic acids is 1. The first-order valence-corrected chi connectivity index (χ1v) is 7.63. The van der Waals surface area contributed by atoms with E-state index in [1.165, 1.54) is 23.9 Å². The van der Waals surface area contributed by atoms with Gasteiger partial charge in [-0.2, -0.15) is 0 Å². The lowest BCUT2D eigenvalue weighted by molar-refractivity contribution is -0.113. The zero-order valence-electron chi connectivity index (χ0n) is 11.4. The molecule has 4 N–H and O–H groups in total. The smallest absolute Gasteiger partial charge is 0.337 e. The Morgan fingerprint density at radius 3 is 2.68 bits per heavy atom. The molecule has 0 fully saturated rings. The number of nitrogens with one attached hydrogen (secondary N) is 1. The predicted octanol–water partition coefficient (Wildman–Crippen LogP) is 3.35. The van der Waals surface area contributed by atoms with E-state index >= 15 is 0 Å². The van der Waals surface area contributed by atoms with E-state index in [1.54, 1.807) is 18.2 Å². The third-order valence-corrected chi connectivity index (χ3v) is 4.03. The fraction of sp³-hybridized carbons (Fsp3) is 0.0667. The minimum Gasteiger partial charge on any atom is -0.478 e. The molecule has 0 radical (unpaired) electrons. The first-order valence-electron chi connectivity index (χ1n) is 6.27. The molecule has 2 aromatic carbocycles. The zero-order valence-corrected chi connectivity index (χ0v) is 12.9. The van der Waals surface area contributed by atoms with Crippen molar-refractivity contribution >= 4 is 46.6 Å². The van der Waals surface area contributed by atoms with Gasteiger partial charge in [0.1, 0.15) is 0 Å². The number of benzene rings is 2. The molecule has 0 saturated carbocycles. The number of hydrogen-bond donors (Lipinski definition) is 3. The van der Waals surface area contributed by atoms with Gasteiger partial charge in [-0.3, -0.25) is 4.79 Å². The van der Waals surface area contributed by atoms with Gasteiger partial charge in [0.2, 0.25) is 5.91 Å². The molecule has 22 heavy (non-hydrogen) atoms. The summed E-state index contributed by atoms with van der Waals surface area (Å²) in [6.07, 6.45) is 0. The van der Waals surface area contributed by atoms with Gasteiger partial charge in [-0.15, -0.1) is 11.8 Å². The molecule has 0 spiro atoms. The number of thioether (sulfide) groups is 1. The first-order chi connectivity index (χ1) is 10.5. The first kappa shape index (κ1) is 16.2. The summed E-state index contributed by atoms with van der Waals surface area (Å²) < 4.78 is 0. The van der Waals surface area contributed by atoms with E-state index in [0.29, 0.717) is 11.4 Å². The van der Waals surface area contributed by atoms with Crippen molar-refractivity contribution in [2.24, 2.45) is 0 Å². The normalized spacial score (nSPS) is 10.2. The summed E-state index contributed by atoms with van der Waals surface area (Å²) in [6.45, 7) is 0. The highest BCUT2D eigenvalue weighted by Crippen LogP contribution is 2.22. The zero-order chi connectivity index (χ0) is 16.1. The van der Waals surface area contributed by atoms with Crippen LogP contribution in [0.2, 0.25) is 5.02 Å². The highest BCUT2D eigenvalue weighted by Gasteiger charge is 2.11. The molecule has 5 nitrogen and oxygen atoms in total. The van der Waals surface area contributed by atoms with Crippen LogP contribution in [-0.4, -0.2) is 22.7 Å². The average molecular weight is 337 g/mol. The second kappa shape index (κ2) is 7.20. The van der Waals surface area contributed by atoms with E-state index in [9.17, 15) is 9.59 Å². The second-order valence-electron chi connectivity index (χ2n) is 4.41. The Bertz CT molecular complexity index is 722. The molecular weight excluding hydrogens is 324 g/mol. The van der Waals surface area contributed by atoms with Crippen LogP contribution in [0.1, 0.15) is 10.4 Å². The lowest BCUT2D eigenvalue weighted by Crippen LogP contribution is -2.14. The van der Waals surface area contributed by atoms with Crippen molar-refractivity contribution in [3.05, 3.63) is 53.1 Å². The maximum Gasteiger partial charge on any atom is 0.337 e. The number of nitrogen functional groups attached to an aromatic ring is 1. The molecule has 0 aromatic heterocycles. The van der Waals surface area contributed by atoms with Gasteiger partial charge in [0.05, 0.1) is 16.3 Å². The van der Waals surface area contributed by atoms with Crippen LogP contribution in [0.25, 0.3) is 0 Å². The number of halogens is 1. The van der Waals surface area contributed by atoms with Crippen molar-refractivity contribution in [1.82, 2.24) is 0 Å². The van der Waals surface area contributed by atoms with E-state index < -0.39 is 5.97 Å². The van der Waals surface area contributed by atoms with Crippen LogP contribution in [0, 0.1) is 0 Å². The Labute approximate surface area is 136 Å². The number of rotatable bonds is 5. The van der Waals surface area contributed by atoms with Gasteiger partial charge in [-0.05, 0) is 36.4 Å². The van der Waals surface area contributed by atoms with Crippen molar-refractivity contribution in [2.75, 3.05) is 16.8 Å². The fourth-order valence-electron chi connectivity index (χ4n) is 1.72. The average Bonchev–Trinajstić information content (AvgIpc) is 2.47. The summed E-state index contributed by atoms with van der Waals surface area (Å²) in [5.74, 6) is -1.20. The highest BCUT2D eigenvalue weighted by molar-refractivity contribution is 8.00. The monoisotopic (exact) mass is 336 g/mol. The third-order valence-electron chi connectivity index (χ3n) is 2.71. The quantitative estimate of drug-likeness (QED) is 0.575. The lowest BCUT2D eigenvalue weighted by atomic mass is 10.2. The van der Waals surface area contributed by atoms with Crippen LogP contribution in [0.5, 0.6) is 0 Å². The maximum absolute atomic E-state index is 11.9. The van der Waals surface area contributed by atoms with Gasteiger partial charge >= 0.3 is 5.97 Å². The number of amides is 1. The standard InChI is InChI=1S/C15H13ClN2O3S/c16-13-5-4-10(7-12(13)15(20)21)18-14(19)8-22-11-3-1-2-9(17)6-11/h1-7H,8,17H2,(H,18,19)(H,20,21).